The van der Waals surface area contributed by atoms with E-state index in [1.54, 1.807) is 0 Å². The Morgan fingerprint density at radius 1 is 0.857 bits per heavy atom. The first-order valence-electron chi connectivity index (χ1n) is 8.61. The van der Waals surface area contributed by atoms with Crippen molar-refractivity contribution in [2.24, 2.45) is 5.92 Å². The molecule has 1 atom stereocenters. The third-order valence-corrected chi connectivity index (χ3v) is 5.75. The molecular weight excluding hydrogens is 258 g/mol. The Kier molecular flexibility index (Phi) is 3.97. The molecule has 4 heterocycles. The molecule has 1 aromatic carbocycles. The molecule has 4 aliphatic heterocycles. The minimum Gasteiger partial charge on any atom is -0.302 e. The van der Waals surface area contributed by atoms with Crippen molar-refractivity contribution >= 4 is 0 Å². The summed E-state index contributed by atoms with van der Waals surface area (Å²) in [5, 5.41) is 0. The average molecular weight is 285 g/mol. The minimum atomic E-state index is 0.853. The molecule has 0 aliphatic carbocycles. The van der Waals surface area contributed by atoms with Crippen molar-refractivity contribution in [2.45, 2.75) is 25.4 Å². The fourth-order valence-electron chi connectivity index (χ4n) is 4.44. The lowest BCUT2D eigenvalue weighted by molar-refractivity contribution is -0.0162. The van der Waals surface area contributed by atoms with E-state index in [9.17, 15) is 0 Å². The zero-order valence-electron chi connectivity index (χ0n) is 13.0. The predicted molar refractivity (Wildman–Crippen MR) is 86.2 cm³/mol. The summed E-state index contributed by atoms with van der Waals surface area (Å²) in [6.45, 7) is 10.2. The van der Waals surface area contributed by atoms with E-state index in [1.807, 2.05) is 0 Å². The molecule has 4 fully saturated rings. The monoisotopic (exact) mass is 285 g/mol. The number of hydrogen-bond acceptors (Lipinski definition) is 3. The van der Waals surface area contributed by atoms with Gasteiger partial charge in [-0.15, -0.1) is 0 Å². The Labute approximate surface area is 128 Å². The number of benzene rings is 1. The Morgan fingerprint density at radius 2 is 1.57 bits per heavy atom. The van der Waals surface area contributed by atoms with Crippen LogP contribution in [-0.2, 0) is 6.54 Å². The van der Waals surface area contributed by atoms with Gasteiger partial charge in [-0.1, -0.05) is 30.3 Å². The highest BCUT2D eigenvalue weighted by molar-refractivity contribution is 5.14. The first-order valence-corrected chi connectivity index (χ1v) is 8.61. The van der Waals surface area contributed by atoms with Crippen LogP contribution in [0.1, 0.15) is 18.4 Å². The standard InChI is InChI=1S/C18H27N3/c1-2-4-16(5-3-1)14-20-10-12-21(13-11-20)18-15-19-8-6-17(18)7-9-19/h1-5,17-18H,6-15H2/t18-/m1/s1. The molecule has 0 saturated carbocycles. The van der Waals surface area contributed by atoms with Crippen LogP contribution in [-0.4, -0.2) is 66.6 Å². The van der Waals surface area contributed by atoms with E-state index < -0.39 is 0 Å². The van der Waals surface area contributed by atoms with Gasteiger partial charge in [0.25, 0.3) is 0 Å². The summed E-state index contributed by atoms with van der Waals surface area (Å²) in [4.78, 5) is 8.09. The van der Waals surface area contributed by atoms with Gasteiger partial charge in [0.15, 0.2) is 0 Å². The minimum absolute atomic E-state index is 0.853. The molecule has 0 spiro atoms. The third kappa shape index (κ3) is 3.01. The van der Waals surface area contributed by atoms with Gasteiger partial charge in [0.1, 0.15) is 0 Å². The Hall–Kier alpha value is -0.900. The molecule has 2 bridgehead atoms. The van der Waals surface area contributed by atoms with Crippen molar-refractivity contribution in [1.82, 2.24) is 14.7 Å². The second-order valence-corrected chi connectivity index (χ2v) is 7.00. The molecule has 3 nitrogen and oxygen atoms in total. The van der Waals surface area contributed by atoms with Crippen molar-refractivity contribution < 1.29 is 0 Å². The van der Waals surface area contributed by atoms with Crippen LogP contribution >= 0.6 is 0 Å². The molecule has 114 valence electrons. The van der Waals surface area contributed by atoms with Gasteiger partial charge in [-0.3, -0.25) is 9.80 Å². The van der Waals surface area contributed by atoms with Crippen LogP contribution in [0.15, 0.2) is 30.3 Å². The fraction of sp³-hybridized carbons (Fsp3) is 0.667. The second-order valence-electron chi connectivity index (χ2n) is 7.00. The van der Waals surface area contributed by atoms with Gasteiger partial charge in [-0.2, -0.15) is 0 Å². The number of piperazine rings is 1. The van der Waals surface area contributed by atoms with Gasteiger partial charge in [0.05, 0.1) is 0 Å². The number of piperidine rings is 3. The molecule has 4 saturated heterocycles. The van der Waals surface area contributed by atoms with E-state index in [4.69, 9.17) is 0 Å². The van der Waals surface area contributed by atoms with Crippen LogP contribution in [0.25, 0.3) is 0 Å². The molecule has 0 radical (unpaired) electrons. The largest absolute Gasteiger partial charge is 0.302 e. The topological polar surface area (TPSA) is 9.72 Å². The molecule has 3 heteroatoms. The molecule has 0 aromatic heterocycles. The number of hydrogen-bond donors (Lipinski definition) is 0. The van der Waals surface area contributed by atoms with Gasteiger partial charge in [-0.05, 0) is 37.4 Å². The SMILES string of the molecule is c1ccc(CN2CCN([C@@H]3CN4CCC3CC4)CC2)cc1. The number of nitrogens with zero attached hydrogens (tertiary/aromatic N) is 3. The van der Waals surface area contributed by atoms with Gasteiger partial charge in [-0.25, -0.2) is 0 Å². The predicted octanol–water partition coefficient (Wildman–Crippen LogP) is 1.90. The van der Waals surface area contributed by atoms with Gasteiger partial charge >= 0.3 is 0 Å². The quantitative estimate of drug-likeness (QED) is 0.840. The van der Waals surface area contributed by atoms with Crippen molar-refractivity contribution in [2.75, 3.05) is 45.8 Å². The highest BCUT2D eigenvalue weighted by atomic mass is 15.3. The van der Waals surface area contributed by atoms with Crippen molar-refractivity contribution in [3.8, 4) is 0 Å². The Morgan fingerprint density at radius 3 is 2.19 bits per heavy atom. The Balaban J connectivity index is 1.31. The summed E-state index contributed by atoms with van der Waals surface area (Å²) in [5.41, 5.74) is 1.45. The van der Waals surface area contributed by atoms with E-state index in [0.717, 1.165) is 18.5 Å². The fourth-order valence-corrected chi connectivity index (χ4v) is 4.44. The smallest absolute Gasteiger partial charge is 0.0253 e. The van der Waals surface area contributed by atoms with Crippen molar-refractivity contribution in [3.05, 3.63) is 35.9 Å². The molecule has 4 aliphatic rings. The maximum Gasteiger partial charge on any atom is 0.0253 e. The first kappa shape index (κ1) is 13.7. The normalized spacial score (nSPS) is 34.2. The molecule has 0 unspecified atom stereocenters. The third-order valence-electron chi connectivity index (χ3n) is 5.75. The van der Waals surface area contributed by atoms with Gasteiger partial charge in [0.2, 0.25) is 0 Å². The van der Waals surface area contributed by atoms with E-state index in [-0.39, 0.29) is 0 Å². The van der Waals surface area contributed by atoms with Crippen molar-refractivity contribution in [3.63, 3.8) is 0 Å². The van der Waals surface area contributed by atoms with Gasteiger partial charge in [0, 0.05) is 45.3 Å². The lowest BCUT2D eigenvalue weighted by Crippen LogP contribution is -2.60. The second kappa shape index (κ2) is 6.07. The van der Waals surface area contributed by atoms with Crippen LogP contribution in [0, 0.1) is 5.92 Å². The zero-order valence-corrected chi connectivity index (χ0v) is 13.0. The first-order chi connectivity index (χ1) is 10.4. The highest BCUT2D eigenvalue weighted by Crippen LogP contribution is 2.31. The maximum atomic E-state index is 2.79. The van der Waals surface area contributed by atoms with Crippen LogP contribution in [0.4, 0.5) is 0 Å². The number of rotatable bonds is 3. The van der Waals surface area contributed by atoms with E-state index in [1.165, 1.54) is 64.2 Å². The molecule has 5 rings (SSSR count). The van der Waals surface area contributed by atoms with E-state index in [0.29, 0.717) is 0 Å². The molecular formula is C18H27N3. The summed E-state index contributed by atoms with van der Waals surface area (Å²) in [5.74, 6) is 0.982. The summed E-state index contributed by atoms with van der Waals surface area (Å²) < 4.78 is 0. The van der Waals surface area contributed by atoms with Gasteiger partial charge < -0.3 is 4.90 Å². The molecule has 21 heavy (non-hydrogen) atoms. The molecule has 1 aromatic rings. The summed E-state index contributed by atoms with van der Waals surface area (Å²) in [7, 11) is 0. The van der Waals surface area contributed by atoms with Crippen LogP contribution in [0.5, 0.6) is 0 Å². The average Bonchev–Trinajstić information content (AvgIpc) is 2.57. The molecule has 0 amide bonds. The maximum absolute atomic E-state index is 2.79. The summed E-state index contributed by atoms with van der Waals surface area (Å²) in [6, 6.07) is 11.8. The lowest BCUT2D eigenvalue weighted by atomic mass is 9.83. The van der Waals surface area contributed by atoms with Crippen LogP contribution in [0.3, 0.4) is 0 Å². The molecule has 0 N–H and O–H groups in total. The lowest BCUT2D eigenvalue weighted by Gasteiger charge is -2.51. The number of fused-ring (bicyclic) bond motifs is 3. The summed E-state index contributed by atoms with van der Waals surface area (Å²) in [6.07, 6.45) is 2.88. The van der Waals surface area contributed by atoms with Crippen LogP contribution in [0.2, 0.25) is 0 Å². The van der Waals surface area contributed by atoms with E-state index in [2.05, 4.69) is 45.0 Å². The summed E-state index contributed by atoms with van der Waals surface area (Å²) >= 11 is 0. The van der Waals surface area contributed by atoms with Crippen LogP contribution < -0.4 is 0 Å². The Bertz CT molecular complexity index is 445. The highest BCUT2D eigenvalue weighted by Gasteiger charge is 2.38. The van der Waals surface area contributed by atoms with E-state index >= 15 is 0 Å². The van der Waals surface area contributed by atoms with Crippen molar-refractivity contribution in [1.29, 1.82) is 0 Å². The zero-order chi connectivity index (χ0) is 14.1.